The summed E-state index contributed by atoms with van der Waals surface area (Å²) in [5.41, 5.74) is 1.41. The van der Waals surface area contributed by atoms with Crippen LogP contribution in [-0.4, -0.2) is 12.6 Å². The summed E-state index contributed by atoms with van der Waals surface area (Å²) in [5, 5.41) is 0. The molecule has 2 aromatic carbocycles. The molecule has 0 heterocycles. The lowest BCUT2D eigenvalue weighted by atomic mass is 10.1. The van der Waals surface area contributed by atoms with E-state index in [2.05, 4.69) is 5.92 Å². The SMILES string of the molecule is C#CC(Oc1ccc(C(=O)OCCC)cc1)c1ccccc1. The summed E-state index contributed by atoms with van der Waals surface area (Å²) >= 11 is 0. The van der Waals surface area contributed by atoms with Crippen LogP contribution in [0.1, 0.15) is 35.4 Å². The number of ether oxygens (including phenoxy) is 2. The molecule has 0 aliphatic rings. The van der Waals surface area contributed by atoms with Crippen LogP contribution in [0.3, 0.4) is 0 Å². The standard InChI is InChI=1S/C19H18O3/c1-3-14-21-19(20)16-10-12-17(13-11-16)22-18(4-2)15-8-6-5-7-9-15/h2,5-13,18H,3,14H2,1H3. The first-order valence-corrected chi connectivity index (χ1v) is 7.19. The Balaban J connectivity index is 2.04. The third-order valence-electron chi connectivity index (χ3n) is 3.03. The van der Waals surface area contributed by atoms with Crippen molar-refractivity contribution in [3.05, 3.63) is 65.7 Å². The van der Waals surface area contributed by atoms with E-state index < -0.39 is 6.10 Å². The predicted molar refractivity (Wildman–Crippen MR) is 85.7 cm³/mol. The lowest BCUT2D eigenvalue weighted by Crippen LogP contribution is -2.07. The van der Waals surface area contributed by atoms with Gasteiger partial charge < -0.3 is 9.47 Å². The minimum absolute atomic E-state index is 0.329. The lowest BCUT2D eigenvalue weighted by Gasteiger charge is -2.14. The van der Waals surface area contributed by atoms with Gasteiger partial charge in [-0.15, -0.1) is 6.42 Å². The number of benzene rings is 2. The second-order valence-electron chi connectivity index (χ2n) is 4.74. The van der Waals surface area contributed by atoms with E-state index in [0.717, 1.165) is 12.0 Å². The van der Waals surface area contributed by atoms with Crippen LogP contribution in [0.4, 0.5) is 0 Å². The predicted octanol–water partition coefficient (Wildman–Crippen LogP) is 4.01. The van der Waals surface area contributed by atoms with Crippen LogP contribution < -0.4 is 4.74 Å². The Morgan fingerprint density at radius 3 is 2.41 bits per heavy atom. The fourth-order valence-electron chi connectivity index (χ4n) is 1.91. The van der Waals surface area contributed by atoms with Gasteiger partial charge in [0.15, 0.2) is 6.10 Å². The Labute approximate surface area is 130 Å². The average Bonchev–Trinajstić information content (AvgIpc) is 2.58. The number of carbonyl (C=O) groups is 1. The maximum Gasteiger partial charge on any atom is 0.338 e. The smallest absolute Gasteiger partial charge is 0.338 e. The Hall–Kier alpha value is -2.73. The summed E-state index contributed by atoms with van der Waals surface area (Å²) in [7, 11) is 0. The molecule has 3 nitrogen and oxygen atoms in total. The van der Waals surface area contributed by atoms with Crippen molar-refractivity contribution in [3.8, 4) is 18.1 Å². The first-order valence-electron chi connectivity index (χ1n) is 7.19. The first-order chi connectivity index (χ1) is 10.7. The highest BCUT2D eigenvalue weighted by Crippen LogP contribution is 2.22. The van der Waals surface area contributed by atoms with E-state index in [9.17, 15) is 4.79 Å². The zero-order valence-electron chi connectivity index (χ0n) is 12.5. The highest BCUT2D eigenvalue weighted by atomic mass is 16.5. The summed E-state index contributed by atoms with van der Waals surface area (Å²) in [4.78, 5) is 11.7. The maximum atomic E-state index is 11.7. The molecule has 0 spiro atoms. The van der Waals surface area contributed by atoms with Gasteiger partial charge >= 0.3 is 5.97 Å². The van der Waals surface area contributed by atoms with Crippen LogP contribution in [-0.2, 0) is 4.74 Å². The van der Waals surface area contributed by atoms with E-state index in [4.69, 9.17) is 15.9 Å². The van der Waals surface area contributed by atoms with Crippen LogP contribution in [0.25, 0.3) is 0 Å². The number of hydrogen-bond donors (Lipinski definition) is 0. The molecule has 3 heteroatoms. The molecule has 0 fully saturated rings. The van der Waals surface area contributed by atoms with Crippen LogP contribution in [0.15, 0.2) is 54.6 Å². The van der Waals surface area contributed by atoms with Gasteiger partial charge in [0.1, 0.15) is 5.75 Å². The van der Waals surface area contributed by atoms with E-state index in [1.807, 2.05) is 37.3 Å². The molecule has 2 aromatic rings. The summed E-state index contributed by atoms with van der Waals surface area (Å²) in [5.74, 6) is 2.90. The quantitative estimate of drug-likeness (QED) is 0.596. The second-order valence-corrected chi connectivity index (χ2v) is 4.74. The van der Waals surface area contributed by atoms with Gasteiger partial charge in [-0.05, 0) is 30.7 Å². The second kappa shape index (κ2) is 7.90. The summed E-state index contributed by atoms with van der Waals surface area (Å²) in [6, 6.07) is 16.4. The van der Waals surface area contributed by atoms with Crippen molar-refractivity contribution >= 4 is 5.97 Å². The Morgan fingerprint density at radius 1 is 1.14 bits per heavy atom. The van der Waals surface area contributed by atoms with Gasteiger partial charge in [0.05, 0.1) is 12.2 Å². The molecule has 0 aromatic heterocycles. The monoisotopic (exact) mass is 294 g/mol. The van der Waals surface area contributed by atoms with Gasteiger partial charge in [0, 0.05) is 5.56 Å². The molecule has 22 heavy (non-hydrogen) atoms. The van der Waals surface area contributed by atoms with E-state index in [1.165, 1.54) is 0 Å². The largest absolute Gasteiger partial charge is 0.473 e. The van der Waals surface area contributed by atoms with Crippen molar-refractivity contribution in [2.75, 3.05) is 6.61 Å². The molecule has 0 aliphatic heterocycles. The summed E-state index contributed by atoms with van der Waals surface area (Å²) in [6.07, 6.45) is 5.88. The Morgan fingerprint density at radius 2 is 1.82 bits per heavy atom. The van der Waals surface area contributed by atoms with Crippen molar-refractivity contribution in [1.82, 2.24) is 0 Å². The molecule has 0 bridgehead atoms. The van der Waals surface area contributed by atoms with Gasteiger partial charge in [0.2, 0.25) is 0 Å². The molecule has 112 valence electrons. The van der Waals surface area contributed by atoms with Gasteiger partial charge in [-0.2, -0.15) is 0 Å². The summed E-state index contributed by atoms with van der Waals surface area (Å²) < 4.78 is 10.9. The Bertz CT molecular complexity index is 639. The molecule has 2 rings (SSSR count). The molecule has 0 saturated carbocycles. The number of terminal acetylenes is 1. The number of rotatable bonds is 6. The maximum absolute atomic E-state index is 11.7. The van der Waals surface area contributed by atoms with Gasteiger partial charge in [-0.3, -0.25) is 0 Å². The number of esters is 1. The molecule has 1 atom stereocenters. The van der Waals surface area contributed by atoms with Crippen molar-refractivity contribution in [2.24, 2.45) is 0 Å². The Kier molecular flexibility index (Phi) is 5.62. The highest BCUT2D eigenvalue weighted by molar-refractivity contribution is 5.89. The van der Waals surface area contributed by atoms with E-state index in [-0.39, 0.29) is 5.97 Å². The van der Waals surface area contributed by atoms with Crippen molar-refractivity contribution in [3.63, 3.8) is 0 Å². The van der Waals surface area contributed by atoms with E-state index in [1.54, 1.807) is 24.3 Å². The van der Waals surface area contributed by atoms with E-state index in [0.29, 0.717) is 17.9 Å². The molecule has 0 radical (unpaired) electrons. The molecule has 0 N–H and O–H groups in total. The van der Waals surface area contributed by atoms with Crippen LogP contribution in [0, 0.1) is 12.3 Å². The topological polar surface area (TPSA) is 35.5 Å². The van der Waals surface area contributed by atoms with Crippen LogP contribution >= 0.6 is 0 Å². The molecule has 0 amide bonds. The van der Waals surface area contributed by atoms with Crippen LogP contribution in [0.5, 0.6) is 5.75 Å². The van der Waals surface area contributed by atoms with Crippen molar-refractivity contribution in [2.45, 2.75) is 19.4 Å². The number of carbonyl (C=O) groups excluding carboxylic acids is 1. The number of hydrogen-bond acceptors (Lipinski definition) is 3. The van der Waals surface area contributed by atoms with Crippen molar-refractivity contribution < 1.29 is 14.3 Å². The summed E-state index contributed by atoms with van der Waals surface area (Å²) in [6.45, 7) is 2.37. The zero-order chi connectivity index (χ0) is 15.8. The highest BCUT2D eigenvalue weighted by Gasteiger charge is 2.11. The molecule has 1 unspecified atom stereocenters. The molecular weight excluding hydrogens is 276 g/mol. The third-order valence-corrected chi connectivity index (χ3v) is 3.03. The van der Waals surface area contributed by atoms with Gasteiger partial charge in [-0.1, -0.05) is 43.2 Å². The minimum Gasteiger partial charge on any atom is -0.473 e. The molecule has 0 saturated heterocycles. The third kappa shape index (κ3) is 4.13. The first kappa shape index (κ1) is 15.7. The van der Waals surface area contributed by atoms with Crippen molar-refractivity contribution in [1.29, 1.82) is 0 Å². The van der Waals surface area contributed by atoms with Gasteiger partial charge in [-0.25, -0.2) is 4.79 Å². The van der Waals surface area contributed by atoms with E-state index >= 15 is 0 Å². The normalized spacial score (nSPS) is 11.3. The fourth-order valence-corrected chi connectivity index (χ4v) is 1.91. The fraction of sp³-hybridized carbons (Fsp3) is 0.211. The minimum atomic E-state index is -0.459. The zero-order valence-corrected chi connectivity index (χ0v) is 12.5. The average molecular weight is 294 g/mol. The molecular formula is C19H18O3. The lowest BCUT2D eigenvalue weighted by molar-refractivity contribution is 0.0505. The van der Waals surface area contributed by atoms with Crippen LogP contribution in [0.2, 0.25) is 0 Å². The molecule has 0 aliphatic carbocycles. The van der Waals surface area contributed by atoms with Gasteiger partial charge in [0.25, 0.3) is 0 Å².